The van der Waals surface area contributed by atoms with Crippen LogP contribution in [0, 0.1) is 5.92 Å². The van der Waals surface area contributed by atoms with Crippen molar-refractivity contribution in [3.8, 4) is 0 Å². The van der Waals surface area contributed by atoms with Gasteiger partial charge in [-0.2, -0.15) is 0 Å². The summed E-state index contributed by atoms with van der Waals surface area (Å²) >= 11 is 0. The van der Waals surface area contributed by atoms with Gasteiger partial charge in [0.1, 0.15) is 0 Å². The maximum Gasteiger partial charge on any atom is 0.236 e. The highest BCUT2D eigenvalue weighted by molar-refractivity contribution is 5.81. The number of nitrogens with two attached hydrogens (primary N) is 1. The van der Waals surface area contributed by atoms with Gasteiger partial charge in [0, 0.05) is 13.1 Å². The summed E-state index contributed by atoms with van der Waals surface area (Å²) < 4.78 is 0. The van der Waals surface area contributed by atoms with Crippen LogP contribution in [0.5, 0.6) is 0 Å². The average molecular weight is 243 g/mol. The Balaban J connectivity index is 3.75. The highest BCUT2D eigenvalue weighted by Gasteiger charge is 2.14. The summed E-state index contributed by atoms with van der Waals surface area (Å²) in [6, 6.07) is -0.365. The quantitative estimate of drug-likeness (QED) is 0.640. The van der Waals surface area contributed by atoms with E-state index >= 15 is 0 Å². The molecule has 3 N–H and O–H groups in total. The van der Waals surface area contributed by atoms with E-state index in [4.69, 9.17) is 5.73 Å². The summed E-state index contributed by atoms with van der Waals surface area (Å²) in [6.07, 6.45) is 1.90. The number of nitrogens with zero attached hydrogens (tertiary/aromatic N) is 1. The van der Waals surface area contributed by atoms with Crippen molar-refractivity contribution in [1.29, 1.82) is 0 Å². The van der Waals surface area contributed by atoms with Gasteiger partial charge in [0.2, 0.25) is 5.91 Å². The van der Waals surface area contributed by atoms with Gasteiger partial charge >= 0.3 is 0 Å². The molecule has 0 radical (unpaired) electrons. The van der Waals surface area contributed by atoms with Crippen LogP contribution in [0.25, 0.3) is 0 Å². The van der Waals surface area contributed by atoms with Gasteiger partial charge < -0.3 is 16.0 Å². The van der Waals surface area contributed by atoms with Crippen LogP contribution < -0.4 is 11.1 Å². The van der Waals surface area contributed by atoms with E-state index in [2.05, 4.69) is 37.9 Å². The Labute approximate surface area is 106 Å². The van der Waals surface area contributed by atoms with Crippen molar-refractivity contribution in [3.63, 3.8) is 0 Å². The Hall–Kier alpha value is -0.610. The van der Waals surface area contributed by atoms with Gasteiger partial charge in [0.15, 0.2) is 0 Å². The lowest BCUT2D eigenvalue weighted by molar-refractivity contribution is -0.122. The lowest BCUT2D eigenvalue weighted by Gasteiger charge is -2.20. The minimum absolute atomic E-state index is 0.0220. The Morgan fingerprint density at radius 3 is 2.41 bits per heavy atom. The summed E-state index contributed by atoms with van der Waals surface area (Å²) in [7, 11) is 0. The van der Waals surface area contributed by atoms with Gasteiger partial charge in [-0.15, -0.1) is 0 Å². The molecule has 4 nitrogen and oxygen atoms in total. The maximum absolute atomic E-state index is 11.7. The molecule has 0 aromatic carbocycles. The number of carbonyl (C=O) groups is 1. The number of nitrogens with one attached hydrogen (secondary N) is 1. The molecule has 102 valence electrons. The molecule has 0 bridgehead atoms. The summed E-state index contributed by atoms with van der Waals surface area (Å²) in [6.45, 7) is 12.2. The molecular weight excluding hydrogens is 214 g/mol. The van der Waals surface area contributed by atoms with E-state index in [9.17, 15) is 4.79 Å². The van der Waals surface area contributed by atoms with Crippen LogP contribution in [0.4, 0.5) is 0 Å². The van der Waals surface area contributed by atoms with Crippen molar-refractivity contribution in [2.75, 3.05) is 26.2 Å². The number of rotatable bonds is 9. The molecule has 17 heavy (non-hydrogen) atoms. The summed E-state index contributed by atoms with van der Waals surface area (Å²) in [4.78, 5) is 14.0. The monoisotopic (exact) mass is 243 g/mol. The Morgan fingerprint density at radius 1 is 1.29 bits per heavy atom. The highest BCUT2D eigenvalue weighted by atomic mass is 16.2. The molecule has 1 amide bonds. The number of hydrogen-bond acceptors (Lipinski definition) is 3. The zero-order chi connectivity index (χ0) is 13.3. The molecule has 0 aromatic heterocycles. The van der Waals surface area contributed by atoms with Gasteiger partial charge in [-0.3, -0.25) is 4.79 Å². The Bertz CT molecular complexity index is 207. The minimum atomic E-state index is -0.365. The second-order valence-corrected chi connectivity index (χ2v) is 4.96. The van der Waals surface area contributed by atoms with E-state index in [1.165, 1.54) is 0 Å². The Morgan fingerprint density at radius 2 is 1.94 bits per heavy atom. The van der Waals surface area contributed by atoms with Gasteiger partial charge in [-0.1, -0.05) is 27.7 Å². The van der Waals surface area contributed by atoms with Gasteiger partial charge in [-0.25, -0.2) is 0 Å². The Kier molecular flexibility index (Phi) is 9.09. The second kappa shape index (κ2) is 9.42. The van der Waals surface area contributed by atoms with Crippen molar-refractivity contribution in [2.24, 2.45) is 11.7 Å². The molecule has 0 aliphatic heterocycles. The number of amides is 1. The topological polar surface area (TPSA) is 58.4 Å². The predicted molar refractivity (Wildman–Crippen MR) is 72.8 cm³/mol. The van der Waals surface area contributed by atoms with E-state index < -0.39 is 0 Å². The van der Waals surface area contributed by atoms with Crippen molar-refractivity contribution in [3.05, 3.63) is 0 Å². The first kappa shape index (κ1) is 16.4. The number of hydrogen-bond donors (Lipinski definition) is 2. The lowest BCUT2D eigenvalue weighted by atomic mass is 10.0. The normalized spacial score (nSPS) is 13.1. The molecule has 0 aliphatic carbocycles. The van der Waals surface area contributed by atoms with Crippen LogP contribution in [-0.2, 0) is 4.79 Å². The molecule has 0 heterocycles. The first-order valence-corrected chi connectivity index (χ1v) is 6.76. The van der Waals surface area contributed by atoms with Crippen LogP contribution in [0.15, 0.2) is 0 Å². The van der Waals surface area contributed by atoms with Crippen molar-refractivity contribution in [2.45, 2.75) is 46.6 Å². The molecule has 0 saturated carbocycles. The van der Waals surface area contributed by atoms with E-state index in [0.717, 1.165) is 32.5 Å². The molecular formula is C13H29N3O. The second-order valence-electron chi connectivity index (χ2n) is 4.96. The van der Waals surface area contributed by atoms with Crippen LogP contribution in [0.2, 0.25) is 0 Å². The smallest absolute Gasteiger partial charge is 0.236 e. The molecule has 0 saturated heterocycles. The molecule has 0 spiro atoms. The van der Waals surface area contributed by atoms with Crippen LogP contribution in [0.1, 0.15) is 40.5 Å². The summed E-state index contributed by atoms with van der Waals surface area (Å²) in [5.74, 6) is 0.439. The van der Waals surface area contributed by atoms with Gasteiger partial charge in [0.05, 0.1) is 6.04 Å². The fraction of sp³-hybridized carbons (Fsp3) is 0.923. The fourth-order valence-corrected chi connectivity index (χ4v) is 1.83. The first-order chi connectivity index (χ1) is 8.01. The molecule has 0 aromatic rings. The van der Waals surface area contributed by atoms with Gasteiger partial charge in [0.25, 0.3) is 0 Å². The first-order valence-electron chi connectivity index (χ1n) is 6.76. The molecule has 0 unspecified atom stereocenters. The molecule has 0 fully saturated rings. The van der Waals surface area contributed by atoms with Crippen LogP contribution >= 0.6 is 0 Å². The third-order valence-corrected chi connectivity index (χ3v) is 2.78. The number of likely N-dealkylation sites (N-methyl/N-ethyl adjacent to an activating group) is 1. The zero-order valence-electron chi connectivity index (χ0n) is 11.8. The van der Waals surface area contributed by atoms with E-state index in [1.807, 2.05) is 0 Å². The third-order valence-electron chi connectivity index (χ3n) is 2.78. The van der Waals surface area contributed by atoms with Gasteiger partial charge in [-0.05, 0) is 31.8 Å². The molecule has 4 heteroatoms. The fourth-order valence-electron chi connectivity index (χ4n) is 1.83. The maximum atomic E-state index is 11.7. The largest absolute Gasteiger partial charge is 0.353 e. The summed E-state index contributed by atoms with van der Waals surface area (Å²) in [5, 5.41) is 2.91. The standard InChI is InChI=1S/C13H29N3O/c1-5-8-16(6-2)9-7-15-13(17)12(14)10-11(3)4/h11-12H,5-10,14H2,1-4H3,(H,15,17)/t12-/m0/s1. The van der Waals surface area contributed by atoms with E-state index in [0.29, 0.717) is 12.5 Å². The van der Waals surface area contributed by atoms with E-state index in [1.54, 1.807) is 0 Å². The van der Waals surface area contributed by atoms with Crippen LogP contribution in [0.3, 0.4) is 0 Å². The van der Waals surface area contributed by atoms with Crippen molar-refractivity contribution < 1.29 is 4.79 Å². The average Bonchev–Trinajstić information content (AvgIpc) is 2.26. The molecule has 0 aliphatic rings. The van der Waals surface area contributed by atoms with Crippen molar-refractivity contribution in [1.82, 2.24) is 10.2 Å². The highest BCUT2D eigenvalue weighted by Crippen LogP contribution is 2.02. The minimum Gasteiger partial charge on any atom is -0.353 e. The SMILES string of the molecule is CCCN(CC)CCNC(=O)[C@@H](N)CC(C)C. The molecule has 1 atom stereocenters. The molecule has 0 rings (SSSR count). The van der Waals surface area contributed by atoms with Crippen molar-refractivity contribution >= 4 is 5.91 Å². The zero-order valence-corrected chi connectivity index (χ0v) is 11.8. The predicted octanol–water partition coefficient (Wildman–Crippen LogP) is 1.21. The third kappa shape index (κ3) is 8.16. The van der Waals surface area contributed by atoms with Crippen LogP contribution in [-0.4, -0.2) is 43.0 Å². The number of carbonyl (C=O) groups excluding carboxylic acids is 1. The van der Waals surface area contributed by atoms with E-state index in [-0.39, 0.29) is 11.9 Å². The summed E-state index contributed by atoms with van der Waals surface area (Å²) in [5.41, 5.74) is 5.80. The lowest BCUT2D eigenvalue weighted by Crippen LogP contribution is -2.44.